The van der Waals surface area contributed by atoms with E-state index < -0.39 is 0 Å². The number of aryl methyl sites for hydroxylation is 1. The van der Waals surface area contributed by atoms with Gasteiger partial charge in [-0.3, -0.25) is 0 Å². The number of imidazole rings is 1. The van der Waals surface area contributed by atoms with Crippen molar-refractivity contribution in [2.75, 3.05) is 20.3 Å². The van der Waals surface area contributed by atoms with Crippen LogP contribution in [0.1, 0.15) is 26.5 Å². The summed E-state index contributed by atoms with van der Waals surface area (Å²) >= 11 is 0. The van der Waals surface area contributed by atoms with Crippen LogP contribution in [0, 0.1) is 0 Å². The molecular weight excluding hydrogens is 192 g/mol. The molecule has 4 heteroatoms. The molecule has 0 bridgehead atoms. The molecule has 1 aromatic heterocycles. The molecule has 0 saturated heterocycles. The first kappa shape index (κ1) is 12.0. The average Bonchev–Trinajstić information content (AvgIpc) is 2.47. The van der Waals surface area contributed by atoms with Crippen molar-refractivity contribution >= 4 is 0 Å². The molecule has 0 unspecified atom stereocenters. The molecule has 15 heavy (non-hydrogen) atoms. The molecule has 0 aliphatic carbocycles. The number of hydrogen-bond donors (Lipinski definition) is 0. The lowest BCUT2D eigenvalue weighted by Gasteiger charge is -2.20. The topological polar surface area (TPSA) is 36.3 Å². The summed E-state index contributed by atoms with van der Waals surface area (Å²) in [5.41, 5.74) is 1.15. The molecular formula is C11H20N2O2. The predicted molar refractivity (Wildman–Crippen MR) is 59.3 cm³/mol. The minimum atomic E-state index is 0.0354. The molecule has 0 saturated carbocycles. The Kier molecular flexibility index (Phi) is 3.74. The number of nitrogens with zero attached hydrogens (tertiary/aromatic N) is 2. The maximum Gasteiger partial charge on any atom is 0.235 e. The van der Waals surface area contributed by atoms with Crippen molar-refractivity contribution in [3.05, 3.63) is 12.0 Å². The SMILES string of the molecule is COCCOc1ncn(C)c1C(C)(C)C. The molecule has 0 aromatic carbocycles. The van der Waals surface area contributed by atoms with Gasteiger partial charge in [-0.05, 0) is 0 Å². The molecule has 1 rings (SSSR count). The molecule has 86 valence electrons. The van der Waals surface area contributed by atoms with Crippen LogP contribution in [0.4, 0.5) is 0 Å². The van der Waals surface area contributed by atoms with Gasteiger partial charge in [0.15, 0.2) is 0 Å². The molecule has 0 amide bonds. The summed E-state index contributed by atoms with van der Waals surface area (Å²) in [6.45, 7) is 7.56. The van der Waals surface area contributed by atoms with Gasteiger partial charge in [-0.15, -0.1) is 0 Å². The van der Waals surface area contributed by atoms with E-state index in [2.05, 4.69) is 25.8 Å². The standard InChI is InChI=1S/C11H20N2O2/c1-11(2,3)9-10(12-8-13(9)4)15-7-6-14-5/h8H,6-7H2,1-5H3. The van der Waals surface area contributed by atoms with Crippen LogP contribution in [0.5, 0.6) is 5.88 Å². The van der Waals surface area contributed by atoms with Crippen LogP contribution in [0.3, 0.4) is 0 Å². The fourth-order valence-corrected chi connectivity index (χ4v) is 1.59. The molecule has 0 fully saturated rings. The van der Waals surface area contributed by atoms with Gasteiger partial charge >= 0.3 is 0 Å². The number of methoxy groups -OCH3 is 1. The van der Waals surface area contributed by atoms with Crippen molar-refractivity contribution in [3.63, 3.8) is 0 Å². The van der Waals surface area contributed by atoms with Crippen molar-refractivity contribution in [1.29, 1.82) is 0 Å². The van der Waals surface area contributed by atoms with E-state index in [9.17, 15) is 0 Å². The Bertz CT molecular complexity index is 313. The average molecular weight is 212 g/mol. The minimum absolute atomic E-state index is 0.0354. The van der Waals surface area contributed by atoms with Gasteiger partial charge in [0.25, 0.3) is 0 Å². The van der Waals surface area contributed by atoms with Crippen molar-refractivity contribution in [2.24, 2.45) is 7.05 Å². The van der Waals surface area contributed by atoms with Crippen molar-refractivity contribution in [2.45, 2.75) is 26.2 Å². The van der Waals surface area contributed by atoms with E-state index in [1.165, 1.54) is 0 Å². The van der Waals surface area contributed by atoms with E-state index in [1.807, 2.05) is 11.6 Å². The van der Waals surface area contributed by atoms with E-state index in [-0.39, 0.29) is 5.41 Å². The van der Waals surface area contributed by atoms with Crippen molar-refractivity contribution in [1.82, 2.24) is 9.55 Å². The van der Waals surface area contributed by atoms with Gasteiger partial charge in [-0.2, -0.15) is 0 Å². The fraction of sp³-hybridized carbons (Fsp3) is 0.727. The normalized spacial score (nSPS) is 11.8. The van der Waals surface area contributed by atoms with Gasteiger partial charge in [0.1, 0.15) is 6.61 Å². The number of ether oxygens (including phenoxy) is 2. The molecule has 0 aliphatic rings. The lowest BCUT2D eigenvalue weighted by atomic mass is 9.92. The van der Waals surface area contributed by atoms with E-state index in [0.29, 0.717) is 19.1 Å². The van der Waals surface area contributed by atoms with Crippen LogP contribution in [0.15, 0.2) is 6.33 Å². The van der Waals surface area contributed by atoms with Crippen LogP contribution in [-0.2, 0) is 17.2 Å². The molecule has 1 heterocycles. The van der Waals surface area contributed by atoms with Gasteiger partial charge < -0.3 is 14.0 Å². The molecule has 0 atom stereocenters. The number of rotatable bonds is 4. The van der Waals surface area contributed by atoms with E-state index in [1.54, 1.807) is 13.4 Å². The Hall–Kier alpha value is -1.03. The molecule has 4 nitrogen and oxygen atoms in total. The highest BCUT2D eigenvalue weighted by Crippen LogP contribution is 2.29. The fourth-order valence-electron chi connectivity index (χ4n) is 1.59. The Labute approximate surface area is 91.2 Å². The maximum atomic E-state index is 5.57. The first-order valence-corrected chi connectivity index (χ1v) is 5.10. The third kappa shape index (κ3) is 2.96. The van der Waals surface area contributed by atoms with Gasteiger partial charge in [0, 0.05) is 19.6 Å². The first-order chi connectivity index (χ1) is 6.96. The maximum absolute atomic E-state index is 5.57. The first-order valence-electron chi connectivity index (χ1n) is 5.10. The van der Waals surface area contributed by atoms with Gasteiger partial charge in [0.05, 0.1) is 18.6 Å². The molecule has 0 aliphatic heterocycles. The van der Waals surface area contributed by atoms with Crippen LogP contribution < -0.4 is 4.74 Å². The summed E-state index contributed by atoms with van der Waals surface area (Å²) in [4.78, 5) is 4.24. The summed E-state index contributed by atoms with van der Waals surface area (Å²) < 4.78 is 12.5. The third-order valence-corrected chi connectivity index (χ3v) is 2.14. The second-order valence-corrected chi connectivity index (χ2v) is 4.60. The zero-order valence-electron chi connectivity index (χ0n) is 10.2. The summed E-state index contributed by atoms with van der Waals surface area (Å²) in [7, 11) is 3.64. The summed E-state index contributed by atoms with van der Waals surface area (Å²) in [6.07, 6.45) is 1.78. The lowest BCUT2D eigenvalue weighted by molar-refractivity contribution is 0.142. The highest BCUT2D eigenvalue weighted by molar-refractivity contribution is 5.26. The largest absolute Gasteiger partial charge is 0.474 e. The van der Waals surface area contributed by atoms with Crippen molar-refractivity contribution in [3.8, 4) is 5.88 Å². The summed E-state index contributed by atoms with van der Waals surface area (Å²) in [5, 5.41) is 0. The zero-order valence-corrected chi connectivity index (χ0v) is 10.2. The molecule has 1 aromatic rings. The molecule has 0 spiro atoms. The van der Waals surface area contributed by atoms with E-state index in [4.69, 9.17) is 9.47 Å². The molecule has 0 radical (unpaired) electrons. The van der Waals surface area contributed by atoms with Crippen LogP contribution in [0.25, 0.3) is 0 Å². The predicted octanol–water partition coefficient (Wildman–Crippen LogP) is 1.74. The van der Waals surface area contributed by atoms with Crippen molar-refractivity contribution < 1.29 is 9.47 Å². The van der Waals surface area contributed by atoms with Gasteiger partial charge in [-0.25, -0.2) is 4.98 Å². The quantitative estimate of drug-likeness (QED) is 0.713. The Morgan fingerprint density at radius 3 is 2.53 bits per heavy atom. The smallest absolute Gasteiger partial charge is 0.235 e. The second kappa shape index (κ2) is 4.66. The Balaban J connectivity index is 2.80. The zero-order chi connectivity index (χ0) is 11.5. The van der Waals surface area contributed by atoms with E-state index in [0.717, 1.165) is 5.69 Å². The lowest BCUT2D eigenvalue weighted by Crippen LogP contribution is -2.18. The number of hydrogen-bond acceptors (Lipinski definition) is 3. The summed E-state index contributed by atoms with van der Waals surface area (Å²) in [5.74, 6) is 0.710. The number of aromatic nitrogens is 2. The monoisotopic (exact) mass is 212 g/mol. The van der Waals surface area contributed by atoms with Crippen LogP contribution in [-0.4, -0.2) is 29.9 Å². The third-order valence-electron chi connectivity index (χ3n) is 2.14. The highest BCUT2D eigenvalue weighted by atomic mass is 16.5. The van der Waals surface area contributed by atoms with Gasteiger partial charge in [0.2, 0.25) is 5.88 Å². The Morgan fingerprint density at radius 1 is 1.33 bits per heavy atom. The van der Waals surface area contributed by atoms with Crippen LogP contribution >= 0.6 is 0 Å². The minimum Gasteiger partial charge on any atom is -0.474 e. The van der Waals surface area contributed by atoms with E-state index >= 15 is 0 Å². The van der Waals surface area contributed by atoms with Gasteiger partial charge in [-0.1, -0.05) is 20.8 Å². The molecule has 0 N–H and O–H groups in total. The highest BCUT2D eigenvalue weighted by Gasteiger charge is 2.23. The summed E-state index contributed by atoms with van der Waals surface area (Å²) in [6, 6.07) is 0. The Morgan fingerprint density at radius 2 is 2.00 bits per heavy atom. The second-order valence-electron chi connectivity index (χ2n) is 4.60. The van der Waals surface area contributed by atoms with Crippen LogP contribution in [0.2, 0.25) is 0 Å².